The molecule has 1 N–H and O–H groups in total. The number of rotatable bonds is 4. The number of hydrogen-bond acceptors (Lipinski definition) is 3. The van der Waals surface area contributed by atoms with Gasteiger partial charge in [0.15, 0.2) is 0 Å². The number of anilines is 2. The minimum absolute atomic E-state index is 0.605. The molecule has 15 heavy (non-hydrogen) atoms. The van der Waals surface area contributed by atoms with Crippen LogP contribution in [0.4, 0.5) is 20.3 Å². The Morgan fingerprint density at radius 3 is 2.40 bits per heavy atom. The number of halogens is 2. The fraction of sp³-hybridized carbons (Fsp3) is 0.500. The summed E-state index contributed by atoms with van der Waals surface area (Å²) in [5.74, 6) is 0.797. The van der Waals surface area contributed by atoms with Crippen molar-refractivity contribution in [2.24, 2.45) is 0 Å². The van der Waals surface area contributed by atoms with Gasteiger partial charge in [0, 0.05) is 14.1 Å². The number of pyridine rings is 1. The van der Waals surface area contributed by atoms with Crippen LogP contribution in [0.1, 0.15) is 6.92 Å². The molecule has 1 atom stereocenters. The van der Waals surface area contributed by atoms with Crippen LogP contribution in [-0.4, -0.2) is 31.5 Å². The van der Waals surface area contributed by atoms with E-state index in [0.717, 1.165) is 5.82 Å². The summed E-state index contributed by atoms with van der Waals surface area (Å²) in [5.41, 5.74) is 0.605. The summed E-state index contributed by atoms with van der Waals surface area (Å²) >= 11 is 0. The highest BCUT2D eigenvalue weighted by atomic mass is 19.3. The van der Waals surface area contributed by atoms with Crippen molar-refractivity contribution in [2.45, 2.75) is 19.4 Å². The molecular weight excluding hydrogens is 200 g/mol. The SMILES string of the molecule is CC(Nc1ccc(N(C)C)nc1)C(F)F. The first-order chi connectivity index (χ1) is 7.00. The molecule has 84 valence electrons. The zero-order chi connectivity index (χ0) is 11.4. The summed E-state index contributed by atoms with van der Waals surface area (Å²) in [6.45, 7) is 1.44. The zero-order valence-electron chi connectivity index (χ0n) is 9.04. The van der Waals surface area contributed by atoms with Crippen LogP contribution < -0.4 is 10.2 Å². The lowest BCUT2D eigenvalue weighted by Crippen LogP contribution is -2.23. The number of nitrogens with zero attached hydrogens (tertiary/aromatic N) is 2. The largest absolute Gasteiger partial charge is 0.376 e. The molecule has 1 aromatic heterocycles. The lowest BCUT2D eigenvalue weighted by Gasteiger charge is -2.15. The number of hydrogen-bond donors (Lipinski definition) is 1. The maximum absolute atomic E-state index is 12.2. The molecule has 1 heterocycles. The molecule has 0 spiro atoms. The van der Waals surface area contributed by atoms with Gasteiger partial charge in [0.2, 0.25) is 0 Å². The van der Waals surface area contributed by atoms with Crippen molar-refractivity contribution in [3.63, 3.8) is 0 Å². The van der Waals surface area contributed by atoms with Crippen LogP contribution in [0.15, 0.2) is 18.3 Å². The van der Waals surface area contributed by atoms with Crippen LogP contribution in [0.25, 0.3) is 0 Å². The van der Waals surface area contributed by atoms with Gasteiger partial charge in [0.25, 0.3) is 6.43 Å². The highest BCUT2D eigenvalue weighted by molar-refractivity contribution is 5.48. The van der Waals surface area contributed by atoms with Crippen molar-refractivity contribution < 1.29 is 8.78 Å². The van der Waals surface area contributed by atoms with Gasteiger partial charge >= 0.3 is 0 Å². The third-order valence-electron chi connectivity index (χ3n) is 1.98. The Morgan fingerprint density at radius 2 is 2.00 bits per heavy atom. The first-order valence-electron chi connectivity index (χ1n) is 4.68. The van der Waals surface area contributed by atoms with Crippen molar-refractivity contribution >= 4 is 11.5 Å². The van der Waals surface area contributed by atoms with E-state index in [1.165, 1.54) is 6.92 Å². The van der Waals surface area contributed by atoms with E-state index >= 15 is 0 Å². The molecule has 0 saturated carbocycles. The summed E-state index contributed by atoms with van der Waals surface area (Å²) < 4.78 is 24.5. The molecule has 0 saturated heterocycles. The molecule has 3 nitrogen and oxygen atoms in total. The Bertz CT molecular complexity index is 298. The molecule has 1 rings (SSSR count). The maximum Gasteiger partial charge on any atom is 0.258 e. The van der Waals surface area contributed by atoms with Crippen LogP contribution in [0.3, 0.4) is 0 Å². The lowest BCUT2D eigenvalue weighted by atomic mass is 10.3. The molecule has 0 aliphatic heterocycles. The molecule has 0 aliphatic rings. The van der Waals surface area contributed by atoms with E-state index in [0.29, 0.717) is 5.69 Å². The van der Waals surface area contributed by atoms with Gasteiger partial charge in [0.1, 0.15) is 5.82 Å². The maximum atomic E-state index is 12.2. The standard InChI is InChI=1S/C10H15F2N3/c1-7(10(11)12)14-8-4-5-9(13-6-8)15(2)3/h4-7,10,14H,1-3H3. The lowest BCUT2D eigenvalue weighted by molar-refractivity contribution is 0.130. The molecule has 0 bridgehead atoms. The van der Waals surface area contributed by atoms with E-state index in [4.69, 9.17) is 0 Å². The topological polar surface area (TPSA) is 28.2 Å². The van der Waals surface area contributed by atoms with Crippen LogP contribution in [0, 0.1) is 0 Å². The Hall–Kier alpha value is -1.39. The smallest absolute Gasteiger partial charge is 0.258 e. The van der Waals surface area contributed by atoms with E-state index in [1.807, 2.05) is 19.0 Å². The van der Waals surface area contributed by atoms with Crippen LogP contribution in [0.5, 0.6) is 0 Å². The van der Waals surface area contributed by atoms with Gasteiger partial charge in [-0.3, -0.25) is 0 Å². The highest BCUT2D eigenvalue weighted by Crippen LogP contribution is 2.14. The number of aromatic nitrogens is 1. The van der Waals surface area contributed by atoms with Gasteiger partial charge in [-0.1, -0.05) is 0 Å². The van der Waals surface area contributed by atoms with E-state index in [-0.39, 0.29) is 0 Å². The van der Waals surface area contributed by atoms with Gasteiger partial charge in [-0.05, 0) is 19.1 Å². The average molecular weight is 215 g/mol. The Morgan fingerprint density at radius 1 is 1.33 bits per heavy atom. The van der Waals surface area contributed by atoms with Gasteiger partial charge in [-0.2, -0.15) is 0 Å². The van der Waals surface area contributed by atoms with Gasteiger partial charge < -0.3 is 10.2 Å². The van der Waals surface area contributed by atoms with E-state index in [2.05, 4.69) is 10.3 Å². The minimum Gasteiger partial charge on any atom is -0.376 e. The fourth-order valence-corrected chi connectivity index (χ4v) is 1.06. The van der Waals surface area contributed by atoms with Crippen molar-refractivity contribution in [1.29, 1.82) is 0 Å². The van der Waals surface area contributed by atoms with Crippen molar-refractivity contribution in [2.75, 3.05) is 24.3 Å². The summed E-state index contributed by atoms with van der Waals surface area (Å²) in [6.07, 6.45) is -0.827. The van der Waals surface area contributed by atoms with Crippen molar-refractivity contribution in [1.82, 2.24) is 4.98 Å². The molecular formula is C10H15F2N3. The summed E-state index contributed by atoms with van der Waals surface area (Å²) in [4.78, 5) is 5.96. The summed E-state index contributed by atoms with van der Waals surface area (Å²) in [6, 6.07) is 2.65. The minimum atomic E-state index is -2.38. The molecule has 5 heteroatoms. The normalized spacial score (nSPS) is 12.7. The van der Waals surface area contributed by atoms with E-state index in [9.17, 15) is 8.78 Å². The first kappa shape index (κ1) is 11.7. The fourth-order valence-electron chi connectivity index (χ4n) is 1.06. The third kappa shape index (κ3) is 3.34. The second kappa shape index (κ2) is 4.91. The number of nitrogens with one attached hydrogen (secondary N) is 1. The molecule has 0 amide bonds. The van der Waals surface area contributed by atoms with Crippen molar-refractivity contribution in [3.05, 3.63) is 18.3 Å². The third-order valence-corrected chi connectivity index (χ3v) is 1.98. The zero-order valence-corrected chi connectivity index (χ0v) is 9.04. The second-order valence-corrected chi connectivity index (χ2v) is 3.57. The molecule has 0 fully saturated rings. The Balaban J connectivity index is 2.64. The Kier molecular flexibility index (Phi) is 3.82. The first-order valence-corrected chi connectivity index (χ1v) is 4.68. The molecule has 0 aliphatic carbocycles. The molecule has 0 radical (unpaired) electrons. The van der Waals surface area contributed by atoms with E-state index in [1.54, 1.807) is 18.3 Å². The van der Waals surface area contributed by atoms with Crippen LogP contribution >= 0.6 is 0 Å². The van der Waals surface area contributed by atoms with Crippen LogP contribution in [-0.2, 0) is 0 Å². The Labute approximate surface area is 88.1 Å². The van der Waals surface area contributed by atoms with Crippen LogP contribution in [0.2, 0.25) is 0 Å². The van der Waals surface area contributed by atoms with Gasteiger partial charge in [-0.15, -0.1) is 0 Å². The van der Waals surface area contributed by atoms with Gasteiger partial charge in [-0.25, -0.2) is 13.8 Å². The van der Waals surface area contributed by atoms with E-state index < -0.39 is 12.5 Å². The van der Waals surface area contributed by atoms with Gasteiger partial charge in [0.05, 0.1) is 17.9 Å². The van der Waals surface area contributed by atoms with Crippen molar-refractivity contribution in [3.8, 4) is 0 Å². The molecule has 1 aromatic rings. The number of alkyl halides is 2. The summed E-state index contributed by atoms with van der Waals surface area (Å²) in [5, 5.41) is 2.68. The predicted octanol–water partition coefficient (Wildman–Crippen LogP) is 2.21. The molecule has 0 aromatic carbocycles. The summed E-state index contributed by atoms with van der Waals surface area (Å²) in [7, 11) is 3.74. The quantitative estimate of drug-likeness (QED) is 0.834. The monoisotopic (exact) mass is 215 g/mol. The molecule has 1 unspecified atom stereocenters. The highest BCUT2D eigenvalue weighted by Gasteiger charge is 2.13. The second-order valence-electron chi connectivity index (χ2n) is 3.57. The predicted molar refractivity (Wildman–Crippen MR) is 57.7 cm³/mol. The average Bonchev–Trinajstić information content (AvgIpc) is 2.18.